The predicted molar refractivity (Wildman–Crippen MR) is 90.6 cm³/mol. The number of anilines is 1. The highest BCUT2D eigenvalue weighted by Crippen LogP contribution is 2.32. The maximum absolute atomic E-state index is 12.2. The van der Waals surface area contributed by atoms with Crippen molar-refractivity contribution >= 4 is 17.6 Å². The number of hydrogen-bond donors (Lipinski definition) is 2. The van der Waals surface area contributed by atoms with Crippen molar-refractivity contribution in [1.29, 1.82) is 0 Å². The molecule has 5 nitrogen and oxygen atoms in total. The van der Waals surface area contributed by atoms with Crippen LogP contribution < -0.4 is 5.32 Å². The topological polar surface area (TPSA) is 75.6 Å². The molecule has 1 aromatic carbocycles. The van der Waals surface area contributed by atoms with Crippen molar-refractivity contribution in [3.63, 3.8) is 0 Å². The smallest absolute Gasteiger partial charge is 0.306 e. The van der Waals surface area contributed by atoms with E-state index in [1.807, 2.05) is 24.3 Å². The summed E-state index contributed by atoms with van der Waals surface area (Å²) in [5.74, 6) is -1.45. The second-order valence-corrected chi connectivity index (χ2v) is 6.95. The third kappa shape index (κ3) is 4.35. The molecule has 2 fully saturated rings. The molecule has 0 unspecified atom stereocenters. The summed E-state index contributed by atoms with van der Waals surface area (Å²) in [5, 5.41) is 11.9. The lowest BCUT2D eigenvalue weighted by atomic mass is 10.0. The van der Waals surface area contributed by atoms with E-state index in [2.05, 4.69) is 5.32 Å². The highest BCUT2D eigenvalue weighted by Gasteiger charge is 2.33. The van der Waals surface area contributed by atoms with Crippen LogP contribution in [0.2, 0.25) is 0 Å². The van der Waals surface area contributed by atoms with Crippen molar-refractivity contribution in [2.45, 2.75) is 57.7 Å². The summed E-state index contributed by atoms with van der Waals surface area (Å²) in [6.45, 7) is 0.613. The van der Waals surface area contributed by atoms with Crippen molar-refractivity contribution in [2.24, 2.45) is 11.8 Å². The van der Waals surface area contributed by atoms with E-state index < -0.39 is 5.97 Å². The Hall–Kier alpha value is -1.88. The minimum atomic E-state index is -0.795. The summed E-state index contributed by atoms with van der Waals surface area (Å²) >= 11 is 0. The molecule has 2 aliphatic carbocycles. The van der Waals surface area contributed by atoms with Crippen molar-refractivity contribution in [2.75, 3.05) is 5.32 Å². The Bertz CT molecular complexity index is 578. The SMILES string of the molecule is O=C(O)[C@@H]1CC[C@H](C(=O)Nc2ccc(COC3CCCC3)cc2)C1. The average molecular weight is 331 g/mol. The van der Waals surface area contributed by atoms with Crippen LogP contribution in [0.1, 0.15) is 50.5 Å². The van der Waals surface area contributed by atoms with Crippen molar-refractivity contribution in [3.8, 4) is 0 Å². The van der Waals surface area contributed by atoms with Gasteiger partial charge < -0.3 is 15.2 Å². The summed E-state index contributed by atoms with van der Waals surface area (Å²) in [4.78, 5) is 23.2. The van der Waals surface area contributed by atoms with E-state index in [1.165, 1.54) is 12.8 Å². The van der Waals surface area contributed by atoms with Gasteiger partial charge >= 0.3 is 5.97 Å². The summed E-state index contributed by atoms with van der Waals surface area (Å²) in [7, 11) is 0. The molecule has 24 heavy (non-hydrogen) atoms. The van der Waals surface area contributed by atoms with E-state index in [0.29, 0.717) is 32.0 Å². The molecule has 0 radical (unpaired) electrons. The molecule has 0 bridgehead atoms. The van der Waals surface area contributed by atoms with Gasteiger partial charge in [0, 0.05) is 11.6 Å². The number of hydrogen-bond acceptors (Lipinski definition) is 3. The van der Waals surface area contributed by atoms with E-state index >= 15 is 0 Å². The van der Waals surface area contributed by atoms with Gasteiger partial charge in [-0.1, -0.05) is 25.0 Å². The standard InChI is InChI=1S/C19H25NO4/c21-18(14-7-8-15(11-14)19(22)23)20-16-9-5-13(6-10-16)12-24-17-3-1-2-4-17/h5-6,9-10,14-15,17H,1-4,7-8,11-12H2,(H,20,21)(H,22,23)/t14-,15+/m0/s1. The van der Waals surface area contributed by atoms with Crippen LogP contribution in [0.25, 0.3) is 0 Å². The molecular formula is C19H25NO4. The largest absolute Gasteiger partial charge is 0.481 e. The summed E-state index contributed by atoms with van der Waals surface area (Å²) in [6.07, 6.45) is 6.92. The molecule has 0 aliphatic heterocycles. The van der Waals surface area contributed by atoms with Crippen LogP contribution in [0.5, 0.6) is 0 Å². The van der Waals surface area contributed by atoms with Gasteiger partial charge in [-0.25, -0.2) is 0 Å². The molecule has 3 rings (SSSR count). The minimum Gasteiger partial charge on any atom is -0.481 e. The summed E-state index contributed by atoms with van der Waals surface area (Å²) in [5.41, 5.74) is 1.86. The van der Waals surface area contributed by atoms with Crippen LogP contribution >= 0.6 is 0 Å². The quantitative estimate of drug-likeness (QED) is 0.835. The number of amides is 1. The third-order valence-corrected chi connectivity index (χ3v) is 5.16. The number of carboxylic acid groups (broad SMARTS) is 1. The number of nitrogens with one attached hydrogen (secondary N) is 1. The maximum atomic E-state index is 12.2. The Balaban J connectivity index is 1.47. The highest BCUT2D eigenvalue weighted by molar-refractivity contribution is 5.93. The first kappa shape index (κ1) is 17.0. The van der Waals surface area contributed by atoms with Gasteiger partial charge in [0.25, 0.3) is 0 Å². The van der Waals surface area contributed by atoms with Crippen molar-refractivity contribution in [3.05, 3.63) is 29.8 Å². The monoisotopic (exact) mass is 331 g/mol. The molecule has 2 saturated carbocycles. The molecular weight excluding hydrogens is 306 g/mol. The Kier molecular flexibility index (Phi) is 5.51. The van der Waals surface area contributed by atoms with Crippen LogP contribution in [0.15, 0.2) is 24.3 Å². The first-order chi connectivity index (χ1) is 11.6. The number of rotatable bonds is 6. The van der Waals surface area contributed by atoms with E-state index in [1.54, 1.807) is 0 Å². The molecule has 1 amide bonds. The zero-order valence-electron chi connectivity index (χ0n) is 13.9. The van der Waals surface area contributed by atoms with E-state index in [9.17, 15) is 9.59 Å². The Morgan fingerprint density at radius 1 is 1.04 bits per heavy atom. The molecule has 0 aromatic heterocycles. The lowest BCUT2D eigenvalue weighted by molar-refractivity contribution is -0.141. The van der Waals surface area contributed by atoms with Gasteiger partial charge in [0.15, 0.2) is 0 Å². The van der Waals surface area contributed by atoms with Crippen molar-refractivity contribution in [1.82, 2.24) is 0 Å². The number of carbonyl (C=O) groups is 2. The number of ether oxygens (including phenoxy) is 1. The zero-order chi connectivity index (χ0) is 16.9. The molecule has 5 heteroatoms. The third-order valence-electron chi connectivity index (χ3n) is 5.16. The Morgan fingerprint density at radius 2 is 1.71 bits per heavy atom. The fraction of sp³-hybridized carbons (Fsp3) is 0.579. The normalized spacial score (nSPS) is 24.2. The van der Waals surface area contributed by atoms with Crippen LogP contribution in [-0.4, -0.2) is 23.1 Å². The second-order valence-electron chi connectivity index (χ2n) is 6.95. The number of carbonyl (C=O) groups excluding carboxylic acids is 1. The molecule has 2 aliphatic rings. The molecule has 1 aromatic rings. The lowest BCUT2D eigenvalue weighted by Gasteiger charge is -2.13. The van der Waals surface area contributed by atoms with Crippen LogP contribution in [0.4, 0.5) is 5.69 Å². The molecule has 0 saturated heterocycles. The number of carboxylic acids is 1. The van der Waals surface area contributed by atoms with Gasteiger partial charge in [0.05, 0.1) is 18.6 Å². The van der Waals surface area contributed by atoms with Gasteiger partial charge in [-0.05, 0) is 49.8 Å². The minimum absolute atomic E-state index is 0.0753. The van der Waals surface area contributed by atoms with E-state index in [-0.39, 0.29) is 17.7 Å². The Morgan fingerprint density at radius 3 is 2.33 bits per heavy atom. The molecule has 0 heterocycles. The lowest BCUT2D eigenvalue weighted by Crippen LogP contribution is -2.21. The summed E-state index contributed by atoms with van der Waals surface area (Å²) in [6, 6.07) is 7.71. The number of benzene rings is 1. The Labute approximate surface area is 142 Å². The maximum Gasteiger partial charge on any atom is 0.306 e. The molecule has 2 N–H and O–H groups in total. The molecule has 0 spiro atoms. The van der Waals surface area contributed by atoms with Gasteiger partial charge in [-0.2, -0.15) is 0 Å². The second kappa shape index (κ2) is 7.79. The van der Waals surface area contributed by atoms with Gasteiger partial charge in [-0.3, -0.25) is 9.59 Å². The highest BCUT2D eigenvalue weighted by atomic mass is 16.5. The van der Waals surface area contributed by atoms with Gasteiger partial charge in [0.2, 0.25) is 5.91 Å². The average Bonchev–Trinajstić information content (AvgIpc) is 3.26. The van der Waals surface area contributed by atoms with Gasteiger partial charge in [-0.15, -0.1) is 0 Å². The first-order valence-electron chi connectivity index (χ1n) is 8.86. The van der Waals surface area contributed by atoms with Crippen LogP contribution in [-0.2, 0) is 20.9 Å². The predicted octanol–water partition coefficient (Wildman–Crippen LogP) is 3.59. The zero-order valence-corrected chi connectivity index (χ0v) is 13.9. The number of aliphatic carboxylic acids is 1. The van der Waals surface area contributed by atoms with Crippen molar-refractivity contribution < 1.29 is 19.4 Å². The fourth-order valence-corrected chi connectivity index (χ4v) is 3.64. The van der Waals surface area contributed by atoms with Crippen LogP contribution in [0, 0.1) is 11.8 Å². The van der Waals surface area contributed by atoms with Crippen LogP contribution in [0.3, 0.4) is 0 Å². The van der Waals surface area contributed by atoms with E-state index in [0.717, 1.165) is 24.1 Å². The first-order valence-corrected chi connectivity index (χ1v) is 8.86. The molecule has 2 atom stereocenters. The summed E-state index contributed by atoms with van der Waals surface area (Å²) < 4.78 is 5.88. The van der Waals surface area contributed by atoms with E-state index in [4.69, 9.17) is 9.84 Å². The van der Waals surface area contributed by atoms with Gasteiger partial charge in [0.1, 0.15) is 0 Å². The fourth-order valence-electron chi connectivity index (χ4n) is 3.64. The molecule has 130 valence electrons.